The molecule has 2 heteroatoms. The number of nitrogens with one attached hydrogen (secondary N) is 1. The van der Waals surface area contributed by atoms with Gasteiger partial charge in [0.1, 0.15) is 0 Å². The maximum Gasteiger partial charge on any atom is 0.0338 e. The van der Waals surface area contributed by atoms with Crippen molar-refractivity contribution in [2.45, 2.75) is 57.9 Å². The van der Waals surface area contributed by atoms with Crippen LogP contribution in [0.3, 0.4) is 0 Å². The lowest BCUT2D eigenvalue weighted by molar-refractivity contribution is 0.359. The van der Waals surface area contributed by atoms with Gasteiger partial charge in [0.05, 0.1) is 0 Å². The van der Waals surface area contributed by atoms with Gasteiger partial charge in [-0.15, -0.1) is 0 Å². The van der Waals surface area contributed by atoms with E-state index in [1.165, 1.54) is 50.5 Å². The SMILES string of the molecule is CCNC(CC1CCCCCC1)c1cccnc1. The Bertz CT molecular complexity index is 315. The van der Waals surface area contributed by atoms with Gasteiger partial charge in [-0.25, -0.2) is 0 Å². The summed E-state index contributed by atoms with van der Waals surface area (Å²) in [6, 6.07) is 4.75. The molecule has 1 atom stereocenters. The molecule has 0 aromatic carbocycles. The average Bonchev–Trinajstić information content (AvgIpc) is 2.68. The minimum absolute atomic E-state index is 0.492. The second-order valence-electron chi connectivity index (χ2n) is 5.49. The van der Waals surface area contributed by atoms with Gasteiger partial charge in [-0.3, -0.25) is 4.98 Å². The van der Waals surface area contributed by atoms with Crippen molar-refractivity contribution in [3.63, 3.8) is 0 Å². The molecule has 2 rings (SSSR count). The van der Waals surface area contributed by atoms with E-state index in [1.54, 1.807) is 0 Å². The standard InChI is InChI=1S/C16H26N2/c1-2-18-16(15-10-7-11-17-13-15)12-14-8-5-3-4-6-9-14/h7,10-11,13-14,16,18H,2-6,8-9,12H2,1H3. The molecule has 1 unspecified atom stereocenters. The lowest BCUT2D eigenvalue weighted by Crippen LogP contribution is -2.23. The van der Waals surface area contributed by atoms with Gasteiger partial charge in [0.2, 0.25) is 0 Å². The van der Waals surface area contributed by atoms with E-state index >= 15 is 0 Å². The highest BCUT2D eigenvalue weighted by atomic mass is 14.9. The molecule has 1 fully saturated rings. The van der Waals surface area contributed by atoms with E-state index in [0.29, 0.717) is 6.04 Å². The lowest BCUT2D eigenvalue weighted by atomic mass is 9.90. The number of hydrogen-bond donors (Lipinski definition) is 1. The van der Waals surface area contributed by atoms with Crippen molar-refractivity contribution in [3.05, 3.63) is 30.1 Å². The van der Waals surface area contributed by atoms with Crippen LogP contribution in [-0.4, -0.2) is 11.5 Å². The van der Waals surface area contributed by atoms with Crippen molar-refractivity contribution in [3.8, 4) is 0 Å². The van der Waals surface area contributed by atoms with Crippen LogP contribution in [0.15, 0.2) is 24.5 Å². The van der Waals surface area contributed by atoms with E-state index in [2.05, 4.69) is 23.3 Å². The first kappa shape index (κ1) is 13.5. The fourth-order valence-corrected chi connectivity index (χ4v) is 3.10. The van der Waals surface area contributed by atoms with Crippen molar-refractivity contribution in [2.24, 2.45) is 5.92 Å². The molecule has 0 bridgehead atoms. The molecule has 0 aliphatic heterocycles. The Kier molecular flexibility index (Phi) is 5.66. The Hall–Kier alpha value is -0.890. The molecular weight excluding hydrogens is 220 g/mol. The Morgan fingerprint density at radius 1 is 1.28 bits per heavy atom. The second-order valence-corrected chi connectivity index (χ2v) is 5.49. The Labute approximate surface area is 111 Å². The smallest absolute Gasteiger partial charge is 0.0338 e. The normalized spacial score (nSPS) is 19.4. The van der Waals surface area contributed by atoms with Crippen LogP contribution in [0, 0.1) is 5.92 Å². The number of hydrogen-bond acceptors (Lipinski definition) is 2. The number of pyridine rings is 1. The molecule has 1 aromatic heterocycles. The molecule has 0 amide bonds. The van der Waals surface area contributed by atoms with E-state index in [0.717, 1.165) is 12.5 Å². The van der Waals surface area contributed by atoms with Gasteiger partial charge in [-0.2, -0.15) is 0 Å². The maximum atomic E-state index is 4.26. The van der Waals surface area contributed by atoms with Gasteiger partial charge in [0.25, 0.3) is 0 Å². The Balaban J connectivity index is 1.97. The minimum atomic E-state index is 0.492. The summed E-state index contributed by atoms with van der Waals surface area (Å²) < 4.78 is 0. The summed E-state index contributed by atoms with van der Waals surface area (Å²) in [5.74, 6) is 0.900. The third-order valence-electron chi connectivity index (χ3n) is 4.08. The molecule has 18 heavy (non-hydrogen) atoms. The zero-order chi connectivity index (χ0) is 12.6. The minimum Gasteiger partial charge on any atom is -0.310 e. The van der Waals surface area contributed by atoms with Crippen LogP contribution in [0.4, 0.5) is 0 Å². The average molecular weight is 246 g/mol. The highest BCUT2D eigenvalue weighted by Gasteiger charge is 2.18. The van der Waals surface area contributed by atoms with Gasteiger partial charge in [-0.05, 0) is 30.5 Å². The van der Waals surface area contributed by atoms with Crippen LogP contribution in [0.1, 0.15) is 63.5 Å². The molecule has 2 nitrogen and oxygen atoms in total. The predicted octanol–water partition coefficient (Wildman–Crippen LogP) is 4.09. The molecule has 1 saturated carbocycles. The van der Waals surface area contributed by atoms with E-state index < -0.39 is 0 Å². The summed E-state index contributed by atoms with van der Waals surface area (Å²) >= 11 is 0. The maximum absolute atomic E-state index is 4.26. The fourth-order valence-electron chi connectivity index (χ4n) is 3.10. The number of rotatable bonds is 5. The summed E-state index contributed by atoms with van der Waals surface area (Å²) in [7, 11) is 0. The lowest BCUT2D eigenvalue weighted by Gasteiger charge is -2.23. The predicted molar refractivity (Wildman–Crippen MR) is 76.5 cm³/mol. The molecule has 1 aliphatic rings. The summed E-state index contributed by atoms with van der Waals surface area (Å²) in [4.78, 5) is 4.26. The van der Waals surface area contributed by atoms with Crippen LogP contribution in [-0.2, 0) is 0 Å². The third-order valence-corrected chi connectivity index (χ3v) is 4.08. The second kappa shape index (κ2) is 7.52. The van der Waals surface area contributed by atoms with Crippen LogP contribution in [0.5, 0.6) is 0 Å². The van der Waals surface area contributed by atoms with E-state index in [-0.39, 0.29) is 0 Å². The van der Waals surface area contributed by atoms with Gasteiger partial charge in [0.15, 0.2) is 0 Å². The first-order chi connectivity index (χ1) is 8.90. The van der Waals surface area contributed by atoms with Crippen molar-refractivity contribution in [1.82, 2.24) is 10.3 Å². The Morgan fingerprint density at radius 3 is 2.67 bits per heavy atom. The molecule has 0 spiro atoms. The molecule has 0 saturated heterocycles. The van der Waals surface area contributed by atoms with Crippen LogP contribution in [0.25, 0.3) is 0 Å². The van der Waals surface area contributed by atoms with Crippen molar-refractivity contribution < 1.29 is 0 Å². The zero-order valence-corrected chi connectivity index (χ0v) is 11.6. The van der Waals surface area contributed by atoms with Crippen LogP contribution < -0.4 is 5.32 Å². The summed E-state index contributed by atoms with van der Waals surface area (Å²) in [5.41, 5.74) is 1.35. The van der Waals surface area contributed by atoms with E-state index in [1.807, 2.05) is 18.5 Å². The van der Waals surface area contributed by atoms with Gasteiger partial charge in [-0.1, -0.05) is 51.5 Å². The van der Waals surface area contributed by atoms with E-state index in [4.69, 9.17) is 0 Å². The third kappa shape index (κ3) is 4.09. The number of nitrogens with zero attached hydrogens (tertiary/aromatic N) is 1. The number of aromatic nitrogens is 1. The van der Waals surface area contributed by atoms with E-state index in [9.17, 15) is 0 Å². The summed E-state index contributed by atoms with van der Waals surface area (Å²) in [5, 5.41) is 3.63. The van der Waals surface area contributed by atoms with Crippen LogP contribution >= 0.6 is 0 Å². The molecule has 0 radical (unpaired) electrons. The van der Waals surface area contributed by atoms with Crippen molar-refractivity contribution in [1.29, 1.82) is 0 Å². The molecule has 100 valence electrons. The molecule has 1 N–H and O–H groups in total. The molecule has 1 aromatic rings. The molecular formula is C16H26N2. The van der Waals surface area contributed by atoms with Gasteiger partial charge in [0, 0.05) is 18.4 Å². The first-order valence-electron chi connectivity index (χ1n) is 7.53. The monoisotopic (exact) mass is 246 g/mol. The van der Waals surface area contributed by atoms with Crippen molar-refractivity contribution in [2.75, 3.05) is 6.54 Å². The zero-order valence-electron chi connectivity index (χ0n) is 11.6. The highest BCUT2D eigenvalue weighted by Crippen LogP contribution is 2.30. The summed E-state index contributed by atoms with van der Waals surface area (Å²) in [6.45, 7) is 3.22. The van der Waals surface area contributed by atoms with Crippen molar-refractivity contribution >= 4 is 0 Å². The quantitative estimate of drug-likeness (QED) is 0.791. The Morgan fingerprint density at radius 2 is 2.06 bits per heavy atom. The van der Waals surface area contributed by atoms with Gasteiger partial charge >= 0.3 is 0 Å². The topological polar surface area (TPSA) is 24.9 Å². The largest absolute Gasteiger partial charge is 0.310 e. The highest BCUT2D eigenvalue weighted by molar-refractivity contribution is 5.13. The van der Waals surface area contributed by atoms with Crippen LogP contribution in [0.2, 0.25) is 0 Å². The first-order valence-corrected chi connectivity index (χ1v) is 7.53. The van der Waals surface area contributed by atoms with Gasteiger partial charge < -0.3 is 5.32 Å². The summed E-state index contributed by atoms with van der Waals surface area (Å²) in [6.07, 6.45) is 13.7. The molecule has 1 aliphatic carbocycles. The molecule has 1 heterocycles. The fraction of sp³-hybridized carbons (Fsp3) is 0.688.